The second-order valence-corrected chi connectivity index (χ2v) is 5.63. The molecule has 1 aliphatic rings. The van der Waals surface area contributed by atoms with Gasteiger partial charge in [0.05, 0.1) is 4.47 Å². The van der Waals surface area contributed by atoms with E-state index in [0.717, 1.165) is 24.1 Å². The molecule has 1 aromatic rings. The van der Waals surface area contributed by atoms with Gasteiger partial charge in [-0.05, 0) is 41.9 Å². The summed E-state index contributed by atoms with van der Waals surface area (Å²) < 4.78 is 6.61. The Morgan fingerprint density at radius 3 is 2.95 bits per heavy atom. The van der Waals surface area contributed by atoms with Gasteiger partial charge >= 0.3 is 0 Å². The minimum Gasteiger partial charge on any atom is -0.480 e. The molecule has 0 radical (unpaired) electrons. The normalized spacial score (nSPS) is 21.0. The summed E-state index contributed by atoms with van der Waals surface area (Å²) in [6.07, 6.45) is -0.473. The van der Waals surface area contributed by atoms with Crippen molar-refractivity contribution in [3.05, 3.63) is 28.7 Å². The lowest BCUT2D eigenvalue weighted by Crippen LogP contribution is -2.55. The highest BCUT2D eigenvalue weighted by molar-refractivity contribution is 9.10. The first-order chi connectivity index (χ1) is 9.09. The lowest BCUT2D eigenvalue weighted by molar-refractivity contribution is -0.140. The molecule has 5 heteroatoms. The largest absolute Gasteiger partial charge is 0.480 e. The van der Waals surface area contributed by atoms with Gasteiger partial charge in [-0.1, -0.05) is 12.1 Å². The SMILES string of the molecule is CC(Oc1ccccc1Br)C(=O)N1CCNC[C@@H]1C. The number of hydrogen-bond acceptors (Lipinski definition) is 3. The molecule has 0 spiro atoms. The molecule has 1 fully saturated rings. The van der Waals surface area contributed by atoms with Crippen molar-refractivity contribution in [1.82, 2.24) is 10.2 Å². The Labute approximate surface area is 122 Å². The molecule has 0 saturated carbocycles. The quantitative estimate of drug-likeness (QED) is 0.924. The topological polar surface area (TPSA) is 41.6 Å². The minimum atomic E-state index is -0.473. The summed E-state index contributed by atoms with van der Waals surface area (Å²) >= 11 is 3.42. The Morgan fingerprint density at radius 2 is 2.26 bits per heavy atom. The summed E-state index contributed by atoms with van der Waals surface area (Å²) in [5.74, 6) is 0.746. The van der Waals surface area contributed by atoms with Crippen LogP contribution in [0.2, 0.25) is 0 Å². The Morgan fingerprint density at radius 1 is 1.53 bits per heavy atom. The van der Waals surface area contributed by atoms with E-state index in [2.05, 4.69) is 28.2 Å². The van der Waals surface area contributed by atoms with Crippen LogP contribution in [0.15, 0.2) is 28.7 Å². The van der Waals surface area contributed by atoms with Gasteiger partial charge in [-0.15, -0.1) is 0 Å². The van der Waals surface area contributed by atoms with Gasteiger partial charge in [-0.25, -0.2) is 0 Å². The van der Waals surface area contributed by atoms with E-state index in [1.165, 1.54) is 0 Å². The molecule has 2 rings (SSSR count). The highest BCUT2D eigenvalue weighted by Gasteiger charge is 2.28. The molecular formula is C14H19BrN2O2. The molecule has 1 aromatic carbocycles. The number of carbonyl (C=O) groups excluding carboxylic acids is 1. The third-order valence-corrected chi connectivity index (χ3v) is 3.93. The molecule has 1 heterocycles. The number of rotatable bonds is 3. The molecule has 19 heavy (non-hydrogen) atoms. The summed E-state index contributed by atoms with van der Waals surface area (Å²) in [6.45, 7) is 6.28. The van der Waals surface area contributed by atoms with Crippen LogP contribution in [0.5, 0.6) is 5.75 Å². The third kappa shape index (κ3) is 3.48. The second kappa shape index (κ2) is 6.39. The van der Waals surface area contributed by atoms with E-state index >= 15 is 0 Å². The van der Waals surface area contributed by atoms with E-state index in [4.69, 9.17) is 4.74 Å². The van der Waals surface area contributed by atoms with Crippen LogP contribution in [0.4, 0.5) is 0 Å². The van der Waals surface area contributed by atoms with Crippen LogP contribution in [-0.4, -0.2) is 42.6 Å². The number of piperazine rings is 1. The van der Waals surface area contributed by atoms with E-state index in [1.54, 1.807) is 6.92 Å². The molecule has 1 N–H and O–H groups in total. The van der Waals surface area contributed by atoms with E-state index < -0.39 is 6.10 Å². The van der Waals surface area contributed by atoms with Crippen LogP contribution < -0.4 is 10.1 Å². The van der Waals surface area contributed by atoms with Gasteiger partial charge < -0.3 is 15.0 Å². The van der Waals surface area contributed by atoms with Crippen LogP contribution in [0.1, 0.15) is 13.8 Å². The van der Waals surface area contributed by atoms with Gasteiger partial charge in [0.2, 0.25) is 0 Å². The van der Waals surface area contributed by atoms with Crippen LogP contribution in [0, 0.1) is 0 Å². The predicted molar refractivity (Wildman–Crippen MR) is 78.3 cm³/mol. The molecule has 2 atom stereocenters. The first-order valence-electron chi connectivity index (χ1n) is 6.52. The number of hydrogen-bond donors (Lipinski definition) is 1. The first kappa shape index (κ1) is 14.3. The smallest absolute Gasteiger partial charge is 0.263 e. The fourth-order valence-corrected chi connectivity index (χ4v) is 2.56. The second-order valence-electron chi connectivity index (χ2n) is 4.78. The number of nitrogens with one attached hydrogen (secondary N) is 1. The maximum Gasteiger partial charge on any atom is 0.263 e. The molecule has 1 saturated heterocycles. The van der Waals surface area contributed by atoms with Crippen molar-refractivity contribution in [2.24, 2.45) is 0 Å². The first-order valence-corrected chi connectivity index (χ1v) is 7.31. The van der Waals surface area contributed by atoms with Crippen molar-refractivity contribution in [2.75, 3.05) is 19.6 Å². The number of benzene rings is 1. The molecule has 104 valence electrons. The fraction of sp³-hybridized carbons (Fsp3) is 0.500. The third-order valence-electron chi connectivity index (χ3n) is 3.27. The Bertz CT molecular complexity index is 453. The maximum absolute atomic E-state index is 12.4. The molecule has 0 aliphatic carbocycles. The zero-order valence-electron chi connectivity index (χ0n) is 11.2. The monoisotopic (exact) mass is 326 g/mol. The molecule has 1 aliphatic heterocycles. The summed E-state index contributed by atoms with van der Waals surface area (Å²) in [4.78, 5) is 14.3. The van der Waals surface area contributed by atoms with E-state index in [0.29, 0.717) is 5.75 Å². The molecule has 4 nitrogen and oxygen atoms in total. The molecule has 1 unspecified atom stereocenters. The van der Waals surface area contributed by atoms with Crippen molar-refractivity contribution in [2.45, 2.75) is 26.0 Å². The Kier molecular flexibility index (Phi) is 4.82. The Hall–Kier alpha value is -1.07. The summed E-state index contributed by atoms with van der Waals surface area (Å²) in [5, 5.41) is 3.27. The van der Waals surface area contributed by atoms with E-state index in [1.807, 2.05) is 29.2 Å². The predicted octanol–water partition coefficient (Wildman–Crippen LogP) is 2.04. The summed E-state index contributed by atoms with van der Waals surface area (Å²) in [7, 11) is 0. The number of ether oxygens (including phenoxy) is 1. The molecule has 1 amide bonds. The van der Waals surface area contributed by atoms with Crippen molar-refractivity contribution in [3.8, 4) is 5.75 Å². The van der Waals surface area contributed by atoms with Crippen molar-refractivity contribution in [3.63, 3.8) is 0 Å². The fourth-order valence-electron chi connectivity index (χ4n) is 2.18. The van der Waals surface area contributed by atoms with Crippen LogP contribution >= 0.6 is 15.9 Å². The van der Waals surface area contributed by atoms with E-state index in [9.17, 15) is 4.79 Å². The molecule has 0 bridgehead atoms. The number of nitrogens with zero attached hydrogens (tertiary/aromatic N) is 1. The minimum absolute atomic E-state index is 0.0461. The number of halogens is 1. The number of carbonyl (C=O) groups is 1. The average molecular weight is 327 g/mol. The summed E-state index contributed by atoms with van der Waals surface area (Å²) in [5.41, 5.74) is 0. The van der Waals surface area contributed by atoms with Crippen molar-refractivity contribution in [1.29, 1.82) is 0 Å². The highest BCUT2D eigenvalue weighted by Crippen LogP contribution is 2.25. The van der Waals surface area contributed by atoms with Gasteiger partial charge in [-0.3, -0.25) is 4.79 Å². The standard InChI is InChI=1S/C14H19BrN2O2/c1-10-9-16-7-8-17(10)14(18)11(2)19-13-6-4-3-5-12(13)15/h3-6,10-11,16H,7-9H2,1-2H3/t10-,11?/m0/s1. The lowest BCUT2D eigenvalue weighted by atomic mass is 10.2. The zero-order chi connectivity index (χ0) is 13.8. The lowest BCUT2D eigenvalue weighted by Gasteiger charge is -2.35. The van der Waals surface area contributed by atoms with Crippen molar-refractivity contribution >= 4 is 21.8 Å². The molecular weight excluding hydrogens is 308 g/mol. The highest BCUT2D eigenvalue weighted by atomic mass is 79.9. The molecule has 0 aromatic heterocycles. The number of para-hydroxylation sites is 1. The van der Waals surface area contributed by atoms with E-state index in [-0.39, 0.29) is 11.9 Å². The van der Waals surface area contributed by atoms with Crippen LogP contribution in [0.25, 0.3) is 0 Å². The van der Waals surface area contributed by atoms with Gasteiger partial charge in [0.15, 0.2) is 6.10 Å². The van der Waals surface area contributed by atoms with Gasteiger partial charge in [-0.2, -0.15) is 0 Å². The van der Waals surface area contributed by atoms with Crippen LogP contribution in [0.3, 0.4) is 0 Å². The maximum atomic E-state index is 12.4. The van der Waals surface area contributed by atoms with Gasteiger partial charge in [0.25, 0.3) is 5.91 Å². The number of amides is 1. The van der Waals surface area contributed by atoms with Crippen LogP contribution in [-0.2, 0) is 4.79 Å². The van der Waals surface area contributed by atoms with Crippen molar-refractivity contribution < 1.29 is 9.53 Å². The van der Waals surface area contributed by atoms with Gasteiger partial charge in [0, 0.05) is 25.7 Å². The summed E-state index contributed by atoms with van der Waals surface area (Å²) in [6, 6.07) is 7.79. The zero-order valence-corrected chi connectivity index (χ0v) is 12.8. The van der Waals surface area contributed by atoms with Gasteiger partial charge in [0.1, 0.15) is 5.75 Å². The Balaban J connectivity index is 2.01. The average Bonchev–Trinajstić information content (AvgIpc) is 2.41.